The topological polar surface area (TPSA) is 12.9 Å². The summed E-state index contributed by atoms with van der Waals surface area (Å²) in [6.45, 7) is 5.87. The predicted octanol–water partition coefficient (Wildman–Crippen LogP) is 6.48. The largest absolute Gasteiger partial charge is 0.433 e. The number of pyridine rings is 1. The first-order chi connectivity index (χ1) is 12.8. The van der Waals surface area contributed by atoms with E-state index in [2.05, 4.69) is 11.6 Å². The van der Waals surface area contributed by atoms with Crippen LogP contribution in [0.4, 0.5) is 13.2 Å². The highest BCUT2D eigenvalue weighted by molar-refractivity contribution is 5.60. The van der Waals surface area contributed by atoms with Crippen molar-refractivity contribution in [1.29, 1.82) is 0 Å². The van der Waals surface area contributed by atoms with Crippen molar-refractivity contribution in [3.8, 4) is 11.3 Å². The maximum absolute atomic E-state index is 13.3. The Bertz CT molecular complexity index is 926. The van der Waals surface area contributed by atoms with Crippen LogP contribution in [0, 0.1) is 0 Å². The molecular weight excluding hydrogens is 347 g/mol. The molecular formula is C23H20F3N. The highest BCUT2D eigenvalue weighted by Gasteiger charge is 2.33. The summed E-state index contributed by atoms with van der Waals surface area (Å²) in [5, 5.41) is 0. The molecule has 0 aliphatic heterocycles. The molecule has 3 aromatic rings. The van der Waals surface area contributed by atoms with Crippen molar-refractivity contribution in [2.24, 2.45) is 0 Å². The number of benzene rings is 2. The molecule has 3 rings (SSSR count). The lowest BCUT2D eigenvalue weighted by molar-refractivity contribution is -0.141. The summed E-state index contributed by atoms with van der Waals surface area (Å²) < 4.78 is 39.9. The molecule has 1 aromatic heterocycles. The predicted molar refractivity (Wildman–Crippen MR) is 102 cm³/mol. The van der Waals surface area contributed by atoms with Gasteiger partial charge in [-0.05, 0) is 48.6 Å². The van der Waals surface area contributed by atoms with Crippen LogP contribution in [-0.4, -0.2) is 4.98 Å². The third kappa shape index (κ3) is 5.07. The molecule has 0 N–H and O–H groups in total. The van der Waals surface area contributed by atoms with Gasteiger partial charge in [0.05, 0.1) is 5.69 Å². The van der Waals surface area contributed by atoms with E-state index >= 15 is 0 Å². The lowest BCUT2D eigenvalue weighted by atomic mass is 9.99. The van der Waals surface area contributed by atoms with Gasteiger partial charge in [-0.2, -0.15) is 13.2 Å². The highest BCUT2D eigenvalue weighted by atomic mass is 19.4. The molecule has 0 aliphatic carbocycles. The average Bonchev–Trinajstić information content (AvgIpc) is 2.63. The molecule has 0 saturated heterocycles. The highest BCUT2D eigenvalue weighted by Crippen LogP contribution is 2.31. The Labute approximate surface area is 157 Å². The Morgan fingerprint density at radius 3 is 2.11 bits per heavy atom. The maximum atomic E-state index is 13.3. The van der Waals surface area contributed by atoms with Crippen LogP contribution < -0.4 is 0 Å². The summed E-state index contributed by atoms with van der Waals surface area (Å²) in [6.07, 6.45) is -3.27. The first-order valence-corrected chi connectivity index (χ1v) is 8.67. The fourth-order valence-corrected chi connectivity index (χ4v) is 2.95. The lowest BCUT2D eigenvalue weighted by Crippen LogP contribution is -2.09. The Morgan fingerprint density at radius 1 is 0.889 bits per heavy atom. The zero-order valence-corrected chi connectivity index (χ0v) is 15.1. The number of halogens is 3. The van der Waals surface area contributed by atoms with Gasteiger partial charge in [0.1, 0.15) is 5.69 Å². The van der Waals surface area contributed by atoms with Gasteiger partial charge < -0.3 is 0 Å². The van der Waals surface area contributed by atoms with Crippen LogP contribution in [0.3, 0.4) is 0 Å². The number of hydrogen-bond donors (Lipinski definition) is 0. The van der Waals surface area contributed by atoms with E-state index < -0.39 is 11.9 Å². The molecule has 1 nitrogen and oxygen atoms in total. The van der Waals surface area contributed by atoms with Crippen LogP contribution in [0.2, 0.25) is 0 Å². The monoisotopic (exact) mass is 367 g/mol. The van der Waals surface area contributed by atoms with E-state index in [1.165, 1.54) is 0 Å². The molecule has 4 heteroatoms. The number of alkyl halides is 3. The van der Waals surface area contributed by atoms with E-state index in [1.807, 2.05) is 37.3 Å². The number of allylic oxidation sites excluding steroid dienone is 1. The van der Waals surface area contributed by atoms with Crippen LogP contribution in [0.15, 0.2) is 78.9 Å². The van der Waals surface area contributed by atoms with Gasteiger partial charge in [0.25, 0.3) is 0 Å². The van der Waals surface area contributed by atoms with E-state index in [-0.39, 0.29) is 0 Å². The Balaban J connectivity index is 1.93. The molecule has 138 valence electrons. The summed E-state index contributed by atoms with van der Waals surface area (Å²) in [5.74, 6) is 0. The van der Waals surface area contributed by atoms with Crippen LogP contribution in [0.5, 0.6) is 0 Å². The zero-order chi connectivity index (χ0) is 19.4. The molecule has 0 saturated carbocycles. The first kappa shape index (κ1) is 18.9. The molecule has 0 spiro atoms. The molecule has 0 fully saturated rings. The summed E-state index contributed by atoms with van der Waals surface area (Å²) in [6, 6.07) is 19.7. The second-order valence-corrected chi connectivity index (χ2v) is 6.74. The van der Waals surface area contributed by atoms with E-state index in [9.17, 15) is 13.2 Å². The van der Waals surface area contributed by atoms with Gasteiger partial charge in [0.2, 0.25) is 0 Å². The van der Waals surface area contributed by atoms with Crippen molar-refractivity contribution in [3.63, 3.8) is 0 Å². The van der Waals surface area contributed by atoms with E-state index in [0.29, 0.717) is 23.2 Å². The minimum absolute atomic E-state index is 0.333. The van der Waals surface area contributed by atoms with Gasteiger partial charge in [-0.25, -0.2) is 4.98 Å². The van der Waals surface area contributed by atoms with Crippen LogP contribution in [0.1, 0.15) is 29.3 Å². The van der Waals surface area contributed by atoms with Gasteiger partial charge >= 0.3 is 6.18 Å². The molecule has 2 aromatic carbocycles. The molecule has 0 radical (unpaired) electrons. The first-order valence-electron chi connectivity index (χ1n) is 8.67. The number of hydrogen-bond acceptors (Lipinski definition) is 1. The summed E-state index contributed by atoms with van der Waals surface area (Å²) >= 11 is 0. The quantitative estimate of drug-likeness (QED) is 0.471. The van der Waals surface area contributed by atoms with Crippen molar-refractivity contribution < 1.29 is 13.2 Å². The van der Waals surface area contributed by atoms with Crippen molar-refractivity contribution in [2.45, 2.75) is 25.9 Å². The minimum atomic E-state index is -4.48. The molecule has 0 atom stereocenters. The standard InChI is InChI=1S/C23H20F3N/c1-16(2)12-17-8-10-18(11-9-17)13-19-14-21(20-6-4-3-5-7-20)27-22(15-19)23(24,25)26/h3-11,14-15H,1,12-13H2,2H3. The summed E-state index contributed by atoms with van der Waals surface area (Å²) in [5.41, 5.74) is 3.89. The second-order valence-electron chi connectivity index (χ2n) is 6.74. The summed E-state index contributed by atoms with van der Waals surface area (Å²) in [4.78, 5) is 3.83. The molecule has 27 heavy (non-hydrogen) atoms. The van der Waals surface area contributed by atoms with Gasteiger partial charge in [0.15, 0.2) is 0 Å². The zero-order valence-electron chi connectivity index (χ0n) is 15.1. The summed E-state index contributed by atoms with van der Waals surface area (Å²) in [7, 11) is 0. The van der Waals surface area contributed by atoms with Crippen molar-refractivity contribution in [2.75, 3.05) is 0 Å². The normalized spacial score (nSPS) is 11.4. The smallest absolute Gasteiger partial charge is 0.243 e. The fraction of sp³-hybridized carbons (Fsp3) is 0.174. The van der Waals surface area contributed by atoms with Gasteiger partial charge in [-0.1, -0.05) is 66.7 Å². The van der Waals surface area contributed by atoms with Crippen molar-refractivity contribution in [3.05, 3.63) is 101 Å². The molecule has 1 heterocycles. The second kappa shape index (κ2) is 7.78. The fourth-order valence-electron chi connectivity index (χ4n) is 2.95. The molecule has 0 aliphatic rings. The molecule has 0 unspecified atom stereocenters. The Morgan fingerprint density at radius 2 is 1.52 bits per heavy atom. The van der Waals surface area contributed by atoms with Crippen LogP contribution in [0.25, 0.3) is 11.3 Å². The van der Waals surface area contributed by atoms with Crippen molar-refractivity contribution >= 4 is 0 Å². The van der Waals surface area contributed by atoms with E-state index in [0.717, 1.165) is 29.2 Å². The van der Waals surface area contributed by atoms with Gasteiger partial charge in [-0.15, -0.1) is 0 Å². The van der Waals surface area contributed by atoms with E-state index in [4.69, 9.17) is 0 Å². The molecule has 0 amide bonds. The number of nitrogens with zero attached hydrogens (tertiary/aromatic N) is 1. The Kier molecular flexibility index (Phi) is 5.45. The number of aromatic nitrogens is 1. The molecule has 0 bridgehead atoms. The van der Waals surface area contributed by atoms with Gasteiger partial charge in [0, 0.05) is 5.56 Å². The SMILES string of the molecule is C=C(C)Cc1ccc(Cc2cc(-c3ccccc3)nc(C(F)(F)F)c2)cc1. The third-order valence-electron chi connectivity index (χ3n) is 4.18. The number of rotatable bonds is 5. The lowest BCUT2D eigenvalue weighted by Gasteiger charge is -2.12. The maximum Gasteiger partial charge on any atom is 0.433 e. The van der Waals surface area contributed by atoms with Crippen molar-refractivity contribution in [1.82, 2.24) is 4.98 Å². The van der Waals surface area contributed by atoms with Gasteiger partial charge in [-0.3, -0.25) is 0 Å². The minimum Gasteiger partial charge on any atom is -0.243 e. The average molecular weight is 367 g/mol. The Hall–Kier alpha value is -2.88. The van der Waals surface area contributed by atoms with Crippen LogP contribution >= 0.6 is 0 Å². The van der Waals surface area contributed by atoms with E-state index in [1.54, 1.807) is 30.3 Å². The third-order valence-corrected chi connectivity index (χ3v) is 4.18. The van der Waals surface area contributed by atoms with Crippen LogP contribution in [-0.2, 0) is 19.0 Å².